The van der Waals surface area contributed by atoms with Crippen molar-refractivity contribution in [2.24, 2.45) is 0 Å². The molecule has 0 aliphatic carbocycles. The van der Waals surface area contributed by atoms with E-state index < -0.39 is 24.1 Å². The summed E-state index contributed by atoms with van der Waals surface area (Å²) in [4.78, 5) is 0. The number of alkyl halides is 3. The van der Waals surface area contributed by atoms with Gasteiger partial charge in [0.1, 0.15) is 17.4 Å². The van der Waals surface area contributed by atoms with Crippen LogP contribution in [-0.4, -0.2) is 27.2 Å². The molecule has 158 valence electrons. The number of anilines is 1. The van der Waals surface area contributed by atoms with Crippen molar-refractivity contribution in [3.63, 3.8) is 0 Å². The molecule has 0 bridgehead atoms. The molecule has 0 saturated heterocycles. The van der Waals surface area contributed by atoms with Crippen LogP contribution in [0, 0.1) is 11.3 Å². The lowest BCUT2D eigenvalue weighted by molar-refractivity contribution is -0.138. The molecule has 0 fully saturated rings. The van der Waals surface area contributed by atoms with Crippen molar-refractivity contribution in [2.75, 3.05) is 11.9 Å². The molecule has 0 atom stereocenters. The first kappa shape index (κ1) is 20.7. The molecule has 0 aliphatic heterocycles. The minimum Gasteiger partial charge on any atom is -0.478 e. The molecule has 2 heterocycles. The summed E-state index contributed by atoms with van der Waals surface area (Å²) in [5, 5.41) is 25.9. The summed E-state index contributed by atoms with van der Waals surface area (Å²) in [6.45, 7) is -0.248. The van der Waals surface area contributed by atoms with Crippen LogP contribution < -0.4 is 10.1 Å². The summed E-state index contributed by atoms with van der Waals surface area (Å²) in [6.07, 6.45) is -4.62. The maximum absolute atomic E-state index is 13.3. The quantitative estimate of drug-likeness (QED) is 0.393. The Morgan fingerprint density at radius 2 is 2.06 bits per heavy atom. The summed E-state index contributed by atoms with van der Waals surface area (Å²) in [6, 6.07) is 10.6. The summed E-state index contributed by atoms with van der Waals surface area (Å²) < 4.78 is 51.4. The van der Waals surface area contributed by atoms with Gasteiger partial charge in [-0.3, -0.25) is 0 Å². The fourth-order valence-corrected chi connectivity index (χ4v) is 3.41. The van der Waals surface area contributed by atoms with Crippen molar-refractivity contribution >= 4 is 32.6 Å². The maximum Gasteiger partial charge on any atom is 0.420 e. The lowest BCUT2D eigenvalue weighted by Crippen LogP contribution is -2.10. The second kappa shape index (κ2) is 8.27. The monoisotopic (exact) mass is 492 g/mol. The van der Waals surface area contributed by atoms with Gasteiger partial charge in [0, 0.05) is 22.1 Å². The van der Waals surface area contributed by atoms with Gasteiger partial charge in [0.05, 0.1) is 5.56 Å². The predicted molar refractivity (Wildman–Crippen MR) is 107 cm³/mol. The largest absolute Gasteiger partial charge is 0.478 e. The van der Waals surface area contributed by atoms with Crippen LogP contribution >= 0.6 is 15.9 Å². The van der Waals surface area contributed by atoms with Crippen LogP contribution in [-0.2, 0) is 12.7 Å². The van der Waals surface area contributed by atoms with E-state index in [4.69, 9.17) is 14.4 Å². The van der Waals surface area contributed by atoms with Gasteiger partial charge in [-0.2, -0.15) is 23.6 Å². The van der Waals surface area contributed by atoms with E-state index in [1.54, 1.807) is 18.2 Å². The van der Waals surface area contributed by atoms with Crippen molar-refractivity contribution in [3.05, 3.63) is 52.0 Å². The number of aromatic nitrogens is 4. The van der Waals surface area contributed by atoms with Gasteiger partial charge in [0.25, 0.3) is 0 Å². The van der Waals surface area contributed by atoms with Crippen LogP contribution in [0.5, 0.6) is 5.75 Å². The number of benzene rings is 2. The zero-order valence-electron chi connectivity index (χ0n) is 15.5. The third-order valence-electron chi connectivity index (χ3n) is 4.31. The third-order valence-corrected chi connectivity index (χ3v) is 5.05. The summed E-state index contributed by atoms with van der Waals surface area (Å²) in [5.41, 5.74) is 0.615. The molecule has 12 heteroatoms. The molecule has 0 aliphatic rings. The molecule has 8 nitrogen and oxygen atoms in total. The van der Waals surface area contributed by atoms with Crippen molar-refractivity contribution in [1.29, 1.82) is 5.26 Å². The fraction of sp³-hybridized carbons (Fsp3) is 0.158. The van der Waals surface area contributed by atoms with E-state index in [0.717, 1.165) is 21.5 Å². The van der Waals surface area contributed by atoms with Crippen LogP contribution in [0.4, 0.5) is 18.9 Å². The standard InChI is InChI=1S/C19H12BrF3N6O2/c20-14-5-10-6-17(18-26-28-29-27-18)31-16(10)7-11(14)9-25-12-1-2-15(30-4-3-24)13(8-12)19(21,22)23/h1-2,5-8,25H,4,9H2,(H,26,27,28,29). The lowest BCUT2D eigenvalue weighted by atomic mass is 10.1. The average molecular weight is 493 g/mol. The molecule has 0 radical (unpaired) electrons. The molecule has 2 N–H and O–H groups in total. The number of nitriles is 1. The van der Waals surface area contributed by atoms with Gasteiger partial charge in [0.15, 0.2) is 12.4 Å². The molecule has 4 aromatic rings. The molecule has 0 amide bonds. The summed E-state index contributed by atoms with van der Waals surface area (Å²) in [5.74, 6) is 0.348. The molecule has 31 heavy (non-hydrogen) atoms. The fourth-order valence-electron chi connectivity index (χ4n) is 2.91. The molecule has 0 unspecified atom stereocenters. The van der Waals surface area contributed by atoms with E-state index in [1.807, 2.05) is 6.07 Å². The predicted octanol–water partition coefficient (Wildman–Crippen LogP) is 4.91. The highest BCUT2D eigenvalue weighted by Gasteiger charge is 2.34. The molecular weight excluding hydrogens is 481 g/mol. The Morgan fingerprint density at radius 1 is 1.23 bits per heavy atom. The Bertz CT molecular complexity index is 1260. The first-order valence-electron chi connectivity index (χ1n) is 8.76. The molecule has 0 spiro atoms. The highest BCUT2D eigenvalue weighted by Crippen LogP contribution is 2.38. The van der Waals surface area contributed by atoms with Crippen molar-refractivity contribution in [3.8, 4) is 23.4 Å². The van der Waals surface area contributed by atoms with E-state index in [-0.39, 0.29) is 12.2 Å². The van der Waals surface area contributed by atoms with Gasteiger partial charge in [-0.05, 0) is 47.2 Å². The summed E-state index contributed by atoms with van der Waals surface area (Å²) >= 11 is 3.47. The minimum atomic E-state index is -4.62. The first-order valence-corrected chi connectivity index (χ1v) is 9.55. The first-order chi connectivity index (χ1) is 14.8. The number of tetrazole rings is 1. The average Bonchev–Trinajstić information content (AvgIpc) is 3.39. The van der Waals surface area contributed by atoms with Gasteiger partial charge in [-0.15, -0.1) is 10.2 Å². The molecule has 2 aromatic carbocycles. The van der Waals surface area contributed by atoms with Crippen LogP contribution in [0.3, 0.4) is 0 Å². The van der Waals surface area contributed by atoms with Crippen molar-refractivity contribution in [2.45, 2.75) is 12.7 Å². The van der Waals surface area contributed by atoms with Gasteiger partial charge in [-0.1, -0.05) is 15.9 Å². The van der Waals surface area contributed by atoms with Gasteiger partial charge >= 0.3 is 6.18 Å². The maximum atomic E-state index is 13.3. The van der Waals surface area contributed by atoms with Crippen molar-refractivity contribution in [1.82, 2.24) is 20.6 Å². The number of ether oxygens (including phenoxy) is 1. The number of nitrogens with one attached hydrogen (secondary N) is 2. The normalized spacial score (nSPS) is 11.5. The SMILES string of the molecule is N#CCOc1ccc(NCc2cc3oc(-c4nn[nH]n4)cc3cc2Br)cc1C(F)(F)F. The number of H-pyrrole nitrogens is 1. The second-order valence-corrected chi connectivity index (χ2v) is 7.19. The second-order valence-electron chi connectivity index (χ2n) is 6.34. The number of furan rings is 1. The highest BCUT2D eigenvalue weighted by molar-refractivity contribution is 9.10. The zero-order valence-corrected chi connectivity index (χ0v) is 17.1. The molecule has 2 aromatic heterocycles. The molecular formula is C19H12BrF3N6O2. The Labute approximate surface area is 181 Å². The topological polar surface area (TPSA) is 113 Å². The van der Waals surface area contributed by atoms with Gasteiger partial charge in [0.2, 0.25) is 5.82 Å². The van der Waals surface area contributed by atoms with Crippen molar-refractivity contribution < 1.29 is 22.3 Å². The summed E-state index contributed by atoms with van der Waals surface area (Å²) in [7, 11) is 0. The number of hydrogen-bond donors (Lipinski definition) is 2. The number of nitrogens with zero attached hydrogens (tertiary/aromatic N) is 4. The zero-order chi connectivity index (χ0) is 22.0. The van der Waals surface area contributed by atoms with Crippen LogP contribution in [0.15, 0.2) is 45.3 Å². The number of halogens is 4. The van der Waals surface area contributed by atoms with Gasteiger partial charge < -0.3 is 14.5 Å². The molecule has 0 saturated carbocycles. The van der Waals surface area contributed by atoms with Crippen LogP contribution in [0.25, 0.3) is 22.6 Å². The Balaban J connectivity index is 1.57. The minimum absolute atomic E-state index is 0.227. The van der Waals surface area contributed by atoms with E-state index >= 15 is 0 Å². The van der Waals surface area contributed by atoms with Gasteiger partial charge in [-0.25, -0.2) is 0 Å². The Morgan fingerprint density at radius 3 is 2.77 bits per heavy atom. The molecule has 4 rings (SSSR count). The van der Waals surface area contributed by atoms with E-state index in [9.17, 15) is 13.2 Å². The highest BCUT2D eigenvalue weighted by atomic mass is 79.9. The number of fused-ring (bicyclic) bond motifs is 1. The number of hydrogen-bond acceptors (Lipinski definition) is 7. The Hall–Kier alpha value is -3.59. The van der Waals surface area contributed by atoms with Crippen LogP contribution in [0.1, 0.15) is 11.1 Å². The van der Waals surface area contributed by atoms with Crippen LogP contribution in [0.2, 0.25) is 0 Å². The Kier molecular flexibility index (Phi) is 5.51. The van der Waals surface area contributed by atoms with E-state index in [2.05, 4.69) is 41.9 Å². The number of rotatable bonds is 6. The third kappa shape index (κ3) is 4.46. The smallest absolute Gasteiger partial charge is 0.420 e. The van der Waals surface area contributed by atoms with E-state index in [1.165, 1.54) is 12.1 Å². The lowest BCUT2D eigenvalue weighted by Gasteiger charge is -2.15. The number of aromatic amines is 1. The van der Waals surface area contributed by atoms with E-state index in [0.29, 0.717) is 17.2 Å².